The molecule has 2 aromatic rings. The molecule has 1 aromatic heterocycles. The van der Waals surface area contributed by atoms with Gasteiger partial charge in [-0.05, 0) is 6.20 Å². The Morgan fingerprint density at radius 2 is 2.17 bits per heavy atom. The third kappa shape index (κ3) is 1.14. The fourth-order valence-corrected chi connectivity index (χ4v) is 1.26. The molecule has 12 heavy (non-hydrogen) atoms. The largest absolute Gasteiger partial charge is 0.264 e. The number of rotatable bonds is 0. The van der Waals surface area contributed by atoms with Crippen molar-refractivity contribution in [3.05, 3.63) is 41.4 Å². The van der Waals surface area contributed by atoms with Gasteiger partial charge in [0.2, 0.25) is 0 Å². The molecule has 1 nitrogen and oxygen atoms in total. The topological polar surface area (TPSA) is 12.9 Å². The van der Waals surface area contributed by atoms with Crippen LogP contribution in [0.5, 0.6) is 0 Å². The van der Waals surface area contributed by atoms with Crippen molar-refractivity contribution in [2.24, 2.45) is 0 Å². The van der Waals surface area contributed by atoms with Gasteiger partial charge >= 0.3 is 0 Å². The SMILES string of the molecule is Fc1[c-]c2ccnc(Cl)c2cc1. The Hall–Kier alpha value is -1.15. The first-order valence-electron chi connectivity index (χ1n) is 3.39. The molecule has 0 aliphatic rings. The highest BCUT2D eigenvalue weighted by Crippen LogP contribution is 2.20. The summed E-state index contributed by atoms with van der Waals surface area (Å²) in [7, 11) is 0. The van der Waals surface area contributed by atoms with E-state index in [1.165, 1.54) is 12.3 Å². The number of aromatic nitrogens is 1. The van der Waals surface area contributed by atoms with Gasteiger partial charge in [-0.15, -0.1) is 29.7 Å². The van der Waals surface area contributed by atoms with Crippen LogP contribution >= 0.6 is 11.6 Å². The van der Waals surface area contributed by atoms with E-state index in [0.717, 1.165) is 5.39 Å². The van der Waals surface area contributed by atoms with Gasteiger partial charge in [-0.2, -0.15) is 0 Å². The highest BCUT2D eigenvalue weighted by atomic mass is 35.5. The minimum absolute atomic E-state index is 0.378. The minimum atomic E-state index is -0.384. The van der Waals surface area contributed by atoms with Crippen molar-refractivity contribution in [2.45, 2.75) is 0 Å². The lowest BCUT2D eigenvalue weighted by Gasteiger charge is -2.05. The van der Waals surface area contributed by atoms with Crippen molar-refractivity contribution < 1.29 is 4.39 Å². The van der Waals surface area contributed by atoms with E-state index in [-0.39, 0.29) is 5.82 Å². The first-order valence-corrected chi connectivity index (χ1v) is 3.77. The summed E-state index contributed by atoms with van der Waals surface area (Å²) < 4.78 is 12.6. The summed E-state index contributed by atoms with van der Waals surface area (Å²) in [6, 6.07) is 7.12. The van der Waals surface area contributed by atoms with E-state index >= 15 is 0 Å². The highest BCUT2D eigenvalue weighted by Gasteiger charge is 1.91. The number of benzene rings is 1. The van der Waals surface area contributed by atoms with Crippen LogP contribution in [0.1, 0.15) is 0 Å². The third-order valence-electron chi connectivity index (χ3n) is 1.59. The van der Waals surface area contributed by atoms with Crippen LogP contribution in [-0.4, -0.2) is 4.98 Å². The molecule has 0 fully saturated rings. The summed E-state index contributed by atoms with van der Waals surface area (Å²) in [6.07, 6.45) is 1.53. The number of nitrogens with zero attached hydrogens (tertiary/aromatic N) is 1. The smallest absolute Gasteiger partial charge is 0.0936 e. The van der Waals surface area contributed by atoms with E-state index in [2.05, 4.69) is 11.1 Å². The number of pyridine rings is 1. The van der Waals surface area contributed by atoms with Crippen LogP contribution < -0.4 is 0 Å². The second kappa shape index (κ2) is 2.72. The van der Waals surface area contributed by atoms with Crippen molar-refractivity contribution in [3.63, 3.8) is 0 Å². The van der Waals surface area contributed by atoms with E-state index in [0.29, 0.717) is 10.5 Å². The van der Waals surface area contributed by atoms with Gasteiger partial charge in [0.05, 0.1) is 5.15 Å². The second-order valence-corrected chi connectivity index (χ2v) is 2.73. The molecule has 2 rings (SSSR count). The normalized spacial score (nSPS) is 10.5. The summed E-state index contributed by atoms with van der Waals surface area (Å²) in [5.74, 6) is -0.384. The molecule has 0 aliphatic carbocycles. The number of fused-ring (bicyclic) bond motifs is 1. The van der Waals surface area contributed by atoms with Crippen molar-refractivity contribution in [2.75, 3.05) is 0 Å². The maximum atomic E-state index is 12.6. The quantitative estimate of drug-likeness (QED) is 0.449. The van der Waals surface area contributed by atoms with Gasteiger partial charge in [0.15, 0.2) is 0 Å². The average molecular weight is 181 g/mol. The molecule has 0 unspecified atom stereocenters. The lowest BCUT2D eigenvalue weighted by Crippen LogP contribution is -1.80. The van der Waals surface area contributed by atoms with Crippen LogP contribution in [0.3, 0.4) is 0 Å². The van der Waals surface area contributed by atoms with E-state index in [9.17, 15) is 4.39 Å². The number of hydrogen-bond donors (Lipinski definition) is 0. The van der Waals surface area contributed by atoms with Crippen molar-refractivity contribution in [1.82, 2.24) is 4.98 Å². The van der Waals surface area contributed by atoms with E-state index in [1.54, 1.807) is 12.1 Å². The Morgan fingerprint density at radius 3 is 3.00 bits per heavy atom. The van der Waals surface area contributed by atoms with E-state index in [1.807, 2.05) is 0 Å². The van der Waals surface area contributed by atoms with Crippen LogP contribution in [-0.2, 0) is 0 Å². The van der Waals surface area contributed by atoms with Gasteiger partial charge in [0.25, 0.3) is 0 Å². The molecule has 1 aromatic carbocycles. The van der Waals surface area contributed by atoms with Crippen molar-refractivity contribution in [3.8, 4) is 0 Å². The van der Waals surface area contributed by atoms with Gasteiger partial charge in [-0.1, -0.05) is 17.0 Å². The zero-order valence-corrected chi connectivity index (χ0v) is 6.77. The maximum absolute atomic E-state index is 12.6. The Morgan fingerprint density at radius 1 is 1.33 bits per heavy atom. The highest BCUT2D eigenvalue weighted by molar-refractivity contribution is 6.34. The molecule has 0 atom stereocenters. The molecule has 0 spiro atoms. The standard InChI is InChI=1S/C9H4ClFN/c10-9-8-2-1-7(11)5-6(8)3-4-12-9/h1-4H/q-1. The lowest BCUT2D eigenvalue weighted by molar-refractivity contribution is 0.627. The molecule has 0 amide bonds. The zero-order valence-electron chi connectivity index (χ0n) is 6.01. The average Bonchev–Trinajstić information content (AvgIpc) is 2.04. The predicted octanol–water partition coefficient (Wildman–Crippen LogP) is 2.83. The maximum Gasteiger partial charge on any atom is 0.0936 e. The fraction of sp³-hybridized carbons (Fsp3) is 0. The summed E-state index contributed by atoms with van der Waals surface area (Å²) in [5.41, 5.74) is 0. The third-order valence-corrected chi connectivity index (χ3v) is 1.89. The summed E-state index contributed by atoms with van der Waals surface area (Å²) in [5, 5.41) is 1.75. The van der Waals surface area contributed by atoms with Gasteiger partial charge in [-0.3, -0.25) is 4.98 Å². The molecular formula is C9H4ClFN-. The van der Waals surface area contributed by atoms with E-state index in [4.69, 9.17) is 11.6 Å². The Bertz CT molecular complexity index is 428. The van der Waals surface area contributed by atoms with Crippen LogP contribution in [0.4, 0.5) is 4.39 Å². The van der Waals surface area contributed by atoms with Gasteiger partial charge in [-0.25, -0.2) is 4.39 Å². The van der Waals surface area contributed by atoms with Crippen LogP contribution in [0.2, 0.25) is 5.15 Å². The summed E-state index contributed by atoms with van der Waals surface area (Å²) in [4.78, 5) is 3.86. The monoisotopic (exact) mass is 180 g/mol. The second-order valence-electron chi connectivity index (χ2n) is 2.37. The zero-order chi connectivity index (χ0) is 8.55. The van der Waals surface area contributed by atoms with Crippen molar-refractivity contribution in [1.29, 1.82) is 0 Å². The van der Waals surface area contributed by atoms with Crippen LogP contribution in [0, 0.1) is 11.9 Å². The van der Waals surface area contributed by atoms with Gasteiger partial charge < -0.3 is 0 Å². The number of halogens is 2. The molecule has 0 bridgehead atoms. The molecular weight excluding hydrogens is 177 g/mol. The molecule has 3 heteroatoms. The van der Waals surface area contributed by atoms with Crippen LogP contribution in [0.15, 0.2) is 24.4 Å². The number of hydrogen-bond acceptors (Lipinski definition) is 1. The van der Waals surface area contributed by atoms with Gasteiger partial charge in [0.1, 0.15) is 0 Å². The van der Waals surface area contributed by atoms with E-state index < -0.39 is 0 Å². The minimum Gasteiger partial charge on any atom is -0.264 e. The Balaban J connectivity index is 2.86. The van der Waals surface area contributed by atoms with Crippen LogP contribution in [0.25, 0.3) is 10.8 Å². The molecule has 0 saturated carbocycles. The molecule has 0 aliphatic heterocycles. The lowest BCUT2D eigenvalue weighted by atomic mass is 10.2. The van der Waals surface area contributed by atoms with Crippen molar-refractivity contribution >= 4 is 22.4 Å². The Kier molecular flexibility index (Phi) is 1.70. The summed E-state index contributed by atoms with van der Waals surface area (Å²) >= 11 is 5.76. The molecule has 0 N–H and O–H groups in total. The molecule has 60 valence electrons. The first kappa shape index (κ1) is 7.50. The molecule has 0 saturated heterocycles. The van der Waals surface area contributed by atoms with Gasteiger partial charge in [0, 0.05) is 5.82 Å². The fourth-order valence-electron chi connectivity index (χ4n) is 1.04. The Labute approximate surface area is 73.8 Å². The molecule has 1 heterocycles. The summed E-state index contributed by atoms with van der Waals surface area (Å²) in [6.45, 7) is 0. The molecule has 0 radical (unpaired) electrons. The predicted molar refractivity (Wildman–Crippen MR) is 45.5 cm³/mol. The first-order chi connectivity index (χ1) is 5.77.